The summed E-state index contributed by atoms with van der Waals surface area (Å²) in [4.78, 5) is 36.1. The van der Waals surface area contributed by atoms with Crippen LogP contribution in [0.15, 0.2) is 47.8 Å². The number of esters is 2. The van der Waals surface area contributed by atoms with Gasteiger partial charge >= 0.3 is 17.8 Å². The number of nitrogens with zero attached hydrogens (tertiary/aromatic N) is 3. The minimum Gasteiger partial charge on any atom is -0.462 e. The number of ether oxygens (including phenoxy) is 3. The molecule has 2 aliphatic heterocycles. The minimum atomic E-state index is -1.48. The summed E-state index contributed by atoms with van der Waals surface area (Å²) in [5, 5.41) is 0. The molecule has 0 amide bonds. The van der Waals surface area contributed by atoms with Crippen molar-refractivity contribution < 1.29 is 28.4 Å². The summed E-state index contributed by atoms with van der Waals surface area (Å²) in [7, 11) is 0. The Morgan fingerprint density at radius 2 is 1.52 bits per heavy atom. The van der Waals surface area contributed by atoms with Gasteiger partial charge < -0.3 is 14.2 Å². The molecule has 1 aliphatic carbocycles. The van der Waals surface area contributed by atoms with Crippen molar-refractivity contribution in [2.24, 2.45) is 0 Å². The fraction of sp³-hybridized carbons (Fsp3) is 0.400. The average Bonchev–Trinajstić information content (AvgIpc) is 3.35. The van der Waals surface area contributed by atoms with Crippen LogP contribution in [0.4, 0.5) is 0 Å². The zero-order valence-corrected chi connectivity index (χ0v) is 18.8. The topological polar surface area (TPSA) is 90.6 Å². The molecule has 0 radical (unpaired) electrons. The monoisotopic (exact) mass is 448 g/mol. The van der Waals surface area contributed by atoms with E-state index in [0.717, 1.165) is 30.4 Å². The number of rotatable bonds is 4. The smallest absolute Gasteiger partial charge is 0.379 e. The third-order valence-electron chi connectivity index (χ3n) is 6.24. The van der Waals surface area contributed by atoms with E-state index in [1.165, 1.54) is 0 Å². The van der Waals surface area contributed by atoms with Crippen LogP contribution < -0.4 is 0 Å². The maximum absolute atomic E-state index is 13.5. The Morgan fingerprint density at radius 1 is 0.939 bits per heavy atom. The van der Waals surface area contributed by atoms with Crippen molar-refractivity contribution in [2.75, 3.05) is 26.3 Å². The summed E-state index contributed by atoms with van der Waals surface area (Å²) in [6.07, 6.45) is 6.35. The van der Waals surface area contributed by atoms with E-state index in [4.69, 9.17) is 14.2 Å². The molecular formula is C25H26N3O5+. The molecule has 2 aromatic rings. The first-order valence-electron chi connectivity index (χ1n) is 11.4. The number of fused-ring (bicyclic) bond motifs is 5. The Balaban J connectivity index is 1.86. The number of hydrogen-bond donors (Lipinski definition) is 0. The van der Waals surface area contributed by atoms with Gasteiger partial charge in [0.25, 0.3) is 0 Å². The second-order valence-corrected chi connectivity index (χ2v) is 8.13. The standard InChI is InChI=1S/C25H26N3O5/c1-3-31-23(29)18-19(24(30)32-4-2)25(33-22(18)28-14-6-5-7-15-28)20-16(10-8-12-26-20)17-11-9-13-27-21(17)25/h8-13H,3-7,14-15H2,1-2H3/q+1. The molecule has 3 aliphatic rings. The zero-order chi connectivity index (χ0) is 23.0. The van der Waals surface area contributed by atoms with Gasteiger partial charge in [-0.25, -0.2) is 9.59 Å². The lowest BCUT2D eigenvalue weighted by Gasteiger charge is -2.25. The van der Waals surface area contributed by atoms with Gasteiger partial charge in [-0.2, -0.15) is 4.58 Å². The largest absolute Gasteiger partial charge is 0.462 e. The quantitative estimate of drug-likeness (QED) is 0.525. The number of piperidine rings is 1. The van der Waals surface area contributed by atoms with Gasteiger partial charge in [-0.05, 0) is 32.4 Å². The molecular weight excluding hydrogens is 422 g/mol. The van der Waals surface area contributed by atoms with Gasteiger partial charge in [0, 0.05) is 36.4 Å². The number of pyridine rings is 2. The van der Waals surface area contributed by atoms with Crippen molar-refractivity contribution in [3.8, 4) is 11.1 Å². The number of carbonyl (C=O) groups is 2. The fourth-order valence-electron chi connectivity index (χ4n) is 4.94. The summed E-state index contributed by atoms with van der Waals surface area (Å²) < 4.78 is 19.6. The van der Waals surface area contributed by atoms with Crippen molar-refractivity contribution in [3.63, 3.8) is 0 Å². The van der Waals surface area contributed by atoms with Crippen LogP contribution in [0.5, 0.6) is 0 Å². The molecule has 0 bridgehead atoms. The third-order valence-corrected chi connectivity index (χ3v) is 6.24. The van der Waals surface area contributed by atoms with Crippen LogP contribution in [0, 0.1) is 0 Å². The molecule has 0 N–H and O–H groups in total. The molecule has 5 rings (SSSR count). The van der Waals surface area contributed by atoms with Gasteiger partial charge in [0.15, 0.2) is 5.57 Å². The van der Waals surface area contributed by atoms with Crippen LogP contribution in [0.3, 0.4) is 0 Å². The summed E-state index contributed by atoms with van der Waals surface area (Å²) in [5.74, 6) is -0.908. The predicted octanol–water partition coefficient (Wildman–Crippen LogP) is 2.75. The van der Waals surface area contributed by atoms with Gasteiger partial charge in [0.05, 0.1) is 13.2 Å². The molecule has 0 atom stereocenters. The molecule has 1 fully saturated rings. The summed E-state index contributed by atoms with van der Waals surface area (Å²) in [6, 6.07) is 7.51. The normalized spacial score (nSPS) is 18.1. The summed E-state index contributed by atoms with van der Waals surface area (Å²) in [5.41, 5.74) is 1.38. The highest BCUT2D eigenvalue weighted by atomic mass is 16.6. The molecule has 33 heavy (non-hydrogen) atoms. The Labute approximate surface area is 191 Å². The maximum Gasteiger partial charge on any atom is 0.379 e. The van der Waals surface area contributed by atoms with Crippen molar-refractivity contribution in [3.05, 3.63) is 59.2 Å². The van der Waals surface area contributed by atoms with Crippen LogP contribution in [-0.2, 0) is 29.4 Å². The van der Waals surface area contributed by atoms with Crippen LogP contribution in [0.2, 0.25) is 0 Å². The molecule has 0 aromatic carbocycles. The van der Waals surface area contributed by atoms with Crippen molar-refractivity contribution in [1.29, 1.82) is 0 Å². The Hall–Kier alpha value is -3.55. The lowest BCUT2D eigenvalue weighted by molar-refractivity contribution is -0.545. The first kappa shape index (κ1) is 21.3. The third kappa shape index (κ3) is 3.15. The second kappa shape index (κ2) is 8.42. The molecule has 1 spiro atoms. The van der Waals surface area contributed by atoms with E-state index < -0.39 is 17.5 Å². The van der Waals surface area contributed by atoms with Crippen LogP contribution in [0.1, 0.15) is 44.5 Å². The number of aromatic nitrogens is 2. The van der Waals surface area contributed by atoms with Gasteiger partial charge in [0.1, 0.15) is 30.1 Å². The Morgan fingerprint density at radius 3 is 2.09 bits per heavy atom. The SMILES string of the molecule is CCOC(=O)C1=C(C(=O)OCC)C2(OC1=[N+]1CCCCC1)c1ncccc1-c1cccnc12. The first-order chi connectivity index (χ1) is 16.1. The molecule has 0 saturated carbocycles. The van der Waals surface area contributed by atoms with E-state index in [0.29, 0.717) is 30.4 Å². The fourth-order valence-corrected chi connectivity index (χ4v) is 4.94. The first-order valence-corrected chi connectivity index (χ1v) is 11.4. The minimum absolute atomic E-state index is 0.0840. The average molecular weight is 448 g/mol. The Bertz CT molecular complexity index is 1150. The lowest BCUT2D eigenvalue weighted by atomic mass is 9.87. The van der Waals surface area contributed by atoms with E-state index in [-0.39, 0.29) is 24.4 Å². The van der Waals surface area contributed by atoms with Crippen LogP contribution in [0.25, 0.3) is 11.1 Å². The maximum atomic E-state index is 13.5. The molecule has 1 saturated heterocycles. The second-order valence-electron chi connectivity index (χ2n) is 8.13. The van der Waals surface area contributed by atoms with E-state index in [9.17, 15) is 9.59 Å². The van der Waals surface area contributed by atoms with Gasteiger partial charge in [-0.3, -0.25) is 9.97 Å². The van der Waals surface area contributed by atoms with Gasteiger partial charge in [0.2, 0.25) is 5.60 Å². The molecule has 4 heterocycles. The zero-order valence-electron chi connectivity index (χ0n) is 18.8. The summed E-state index contributed by atoms with van der Waals surface area (Å²) in [6.45, 7) is 5.22. The number of hydrogen-bond acceptors (Lipinski definition) is 7. The van der Waals surface area contributed by atoms with E-state index in [1.54, 1.807) is 26.2 Å². The van der Waals surface area contributed by atoms with Crippen LogP contribution in [-0.4, -0.2) is 58.7 Å². The van der Waals surface area contributed by atoms with Gasteiger partial charge in [-0.1, -0.05) is 12.1 Å². The molecule has 8 heteroatoms. The highest BCUT2D eigenvalue weighted by Crippen LogP contribution is 2.55. The molecule has 170 valence electrons. The van der Waals surface area contributed by atoms with Crippen LogP contribution >= 0.6 is 0 Å². The predicted molar refractivity (Wildman–Crippen MR) is 118 cm³/mol. The highest BCUT2D eigenvalue weighted by Gasteiger charge is 2.64. The lowest BCUT2D eigenvalue weighted by Crippen LogP contribution is -2.36. The van der Waals surface area contributed by atoms with Crippen molar-refractivity contribution in [2.45, 2.75) is 38.7 Å². The van der Waals surface area contributed by atoms with Crippen molar-refractivity contribution in [1.82, 2.24) is 9.97 Å². The summed E-state index contributed by atoms with van der Waals surface area (Å²) >= 11 is 0. The molecule has 8 nitrogen and oxygen atoms in total. The number of carbonyl (C=O) groups excluding carboxylic acids is 2. The van der Waals surface area contributed by atoms with E-state index >= 15 is 0 Å². The van der Waals surface area contributed by atoms with E-state index in [2.05, 4.69) is 9.97 Å². The highest BCUT2D eigenvalue weighted by molar-refractivity contribution is 6.23. The molecule has 0 unspecified atom stereocenters. The van der Waals surface area contributed by atoms with Gasteiger partial charge in [-0.15, -0.1) is 0 Å². The van der Waals surface area contributed by atoms with Crippen molar-refractivity contribution >= 4 is 17.8 Å². The Kier molecular flexibility index (Phi) is 5.44. The molecule has 2 aromatic heterocycles. The van der Waals surface area contributed by atoms with E-state index in [1.807, 2.05) is 28.8 Å².